The predicted molar refractivity (Wildman–Crippen MR) is 75.1 cm³/mol. The monoisotopic (exact) mass is 252 g/mol. The number of pyridine rings is 1. The van der Waals surface area contributed by atoms with Crippen LogP contribution in [0.15, 0.2) is 47.5 Å². The molecule has 0 atom stereocenters. The Morgan fingerprint density at radius 1 is 1.11 bits per heavy atom. The predicted octanol–water partition coefficient (Wildman–Crippen LogP) is 2.03. The molecular formula is C14H12N4O. The molecule has 0 spiro atoms. The Labute approximate surface area is 109 Å². The lowest BCUT2D eigenvalue weighted by molar-refractivity contribution is 1.20. The standard InChI is InChI=1S/C14H12N4O/c1-15-10-4-2-9(3-5-10)11-8-12-13(14(19)18-11)17-7-6-16-12/h2-8,15H,1H3,(H,18,19). The molecule has 5 nitrogen and oxygen atoms in total. The van der Waals surface area contributed by atoms with E-state index in [4.69, 9.17) is 0 Å². The van der Waals surface area contributed by atoms with Gasteiger partial charge in [0.25, 0.3) is 5.56 Å². The van der Waals surface area contributed by atoms with E-state index in [9.17, 15) is 4.79 Å². The number of nitrogens with zero attached hydrogens (tertiary/aromatic N) is 2. The molecule has 0 fully saturated rings. The minimum atomic E-state index is -0.224. The molecule has 2 heterocycles. The van der Waals surface area contributed by atoms with Crippen LogP contribution in [-0.2, 0) is 0 Å². The van der Waals surface area contributed by atoms with Gasteiger partial charge in [-0.15, -0.1) is 0 Å². The highest BCUT2D eigenvalue weighted by molar-refractivity contribution is 5.78. The largest absolute Gasteiger partial charge is 0.388 e. The first-order valence-electron chi connectivity index (χ1n) is 5.90. The van der Waals surface area contributed by atoms with Crippen LogP contribution in [-0.4, -0.2) is 22.0 Å². The molecule has 94 valence electrons. The van der Waals surface area contributed by atoms with Crippen LogP contribution in [0.3, 0.4) is 0 Å². The summed E-state index contributed by atoms with van der Waals surface area (Å²) in [5, 5.41) is 3.05. The van der Waals surface area contributed by atoms with Crippen molar-refractivity contribution in [1.82, 2.24) is 15.0 Å². The summed E-state index contributed by atoms with van der Waals surface area (Å²) >= 11 is 0. The number of rotatable bonds is 2. The third-order valence-electron chi connectivity index (χ3n) is 2.96. The minimum absolute atomic E-state index is 0.224. The molecule has 0 radical (unpaired) electrons. The van der Waals surface area contributed by atoms with Crippen molar-refractivity contribution in [2.45, 2.75) is 0 Å². The van der Waals surface area contributed by atoms with Gasteiger partial charge in [-0.05, 0) is 23.8 Å². The van der Waals surface area contributed by atoms with Gasteiger partial charge in [0.1, 0.15) is 0 Å². The number of anilines is 1. The molecule has 0 bridgehead atoms. The molecule has 0 aliphatic heterocycles. The first-order valence-corrected chi connectivity index (χ1v) is 5.90. The van der Waals surface area contributed by atoms with E-state index >= 15 is 0 Å². The second-order valence-corrected chi connectivity index (χ2v) is 4.13. The van der Waals surface area contributed by atoms with Crippen LogP contribution in [0, 0.1) is 0 Å². The number of benzene rings is 1. The van der Waals surface area contributed by atoms with Crippen LogP contribution in [0.25, 0.3) is 22.3 Å². The lowest BCUT2D eigenvalue weighted by Gasteiger charge is -2.05. The van der Waals surface area contributed by atoms with Crippen molar-refractivity contribution in [2.24, 2.45) is 0 Å². The highest BCUT2D eigenvalue weighted by Gasteiger charge is 2.05. The summed E-state index contributed by atoms with van der Waals surface area (Å²) in [5.74, 6) is 0. The van der Waals surface area contributed by atoms with Crippen LogP contribution in [0.1, 0.15) is 0 Å². The molecule has 1 aromatic carbocycles. The average Bonchev–Trinajstić information content (AvgIpc) is 2.47. The van der Waals surface area contributed by atoms with Gasteiger partial charge in [-0.2, -0.15) is 0 Å². The molecule has 0 aliphatic rings. The van der Waals surface area contributed by atoms with Crippen LogP contribution < -0.4 is 10.9 Å². The third-order valence-corrected chi connectivity index (χ3v) is 2.96. The van der Waals surface area contributed by atoms with Crippen molar-refractivity contribution in [3.63, 3.8) is 0 Å². The summed E-state index contributed by atoms with van der Waals surface area (Å²) < 4.78 is 0. The maximum atomic E-state index is 11.9. The first kappa shape index (κ1) is 11.4. The van der Waals surface area contributed by atoms with Crippen molar-refractivity contribution in [3.05, 3.63) is 53.1 Å². The maximum Gasteiger partial charge on any atom is 0.276 e. The fourth-order valence-corrected chi connectivity index (χ4v) is 1.96. The Morgan fingerprint density at radius 2 is 1.84 bits per heavy atom. The van der Waals surface area contributed by atoms with E-state index < -0.39 is 0 Å². The summed E-state index contributed by atoms with van der Waals surface area (Å²) in [4.78, 5) is 22.9. The quantitative estimate of drug-likeness (QED) is 0.732. The number of hydrogen-bond acceptors (Lipinski definition) is 4. The summed E-state index contributed by atoms with van der Waals surface area (Å²) in [6, 6.07) is 9.62. The van der Waals surface area contributed by atoms with Crippen molar-refractivity contribution < 1.29 is 0 Å². The summed E-state index contributed by atoms with van der Waals surface area (Å²) in [6.07, 6.45) is 3.09. The molecule has 5 heteroatoms. The number of aromatic amines is 1. The number of aromatic nitrogens is 3. The zero-order valence-electron chi connectivity index (χ0n) is 10.3. The second-order valence-electron chi connectivity index (χ2n) is 4.13. The van der Waals surface area contributed by atoms with Crippen LogP contribution >= 0.6 is 0 Å². The summed E-state index contributed by atoms with van der Waals surface area (Å²) in [6.45, 7) is 0. The Bertz CT molecular complexity index is 777. The van der Waals surface area contributed by atoms with E-state index in [1.165, 1.54) is 6.20 Å². The van der Waals surface area contributed by atoms with Crippen LogP contribution in [0.4, 0.5) is 5.69 Å². The van der Waals surface area contributed by atoms with E-state index in [1.807, 2.05) is 37.4 Å². The van der Waals surface area contributed by atoms with E-state index in [1.54, 1.807) is 6.20 Å². The van der Waals surface area contributed by atoms with E-state index in [2.05, 4.69) is 20.3 Å². The molecule has 19 heavy (non-hydrogen) atoms. The molecule has 2 aromatic heterocycles. The molecule has 0 aliphatic carbocycles. The van der Waals surface area contributed by atoms with Gasteiger partial charge in [-0.3, -0.25) is 9.78 Å². The van der Waals surface area contributed by atoms with Crippen LogP contribution in [0.2, 0.25) is 0 Å². The maximum absolute atomic E-state index is 11.9. The summed E-state index contributed by atoms with van der Waals surface area (Å²) in [7, 11) is 1.86. The van der Waals surface area contributed by atoms with Gasteiger partial charge in [0.2, 0.25) is 0 Å². The lowest BCUT2D eigenvalue weighted by Crippen LogP contribution is -2.09. The average molecular weight is 252 g/mol. The molecule has 0 unspecified atom stereocenters. The van der Waals surface area contributed by atoms with Gasteiger partial charge in [-0.1, -0.05) is 12.1 Å². The number of fused-ring (bicyclic) bond motifs is 1. The molecule has 3 rings (SSSR count). The molecule has 2 N–H and O–H groups in total. The topological polar surface area (TPSA) is 70.7 Å². The third kappa shape index (κ3) is 2.06. The van der Waals surface area contributed by atoms with E-state index in [0.29, 0.717) is 11.0 Å². The summed E-state index contributed by atoms with van der Waals surface area (Å²) in [5.41, 5.74) is 3.42. The van der Waals surface area contributed by atoms with Crippen LogP contribution in [0.5, 0.6) is 0 Å². The molecule has 0 saturated heterocycles. The fraction of sp³-hybridized carbons (Fsp3) is 0.0714. The normalized spacial score (nSPS) is 10.6. The highest BCUT2D eigenvalue weighted by atomic mass is 16.1. The zero-order valence-corrected chi connectivity index (χ0v) is 10.3. The Hall–Kier alpha value is -2.69. The van der Waals surface area contributed by atoms with E-state index in [0.717, 1.165) is 16.9 Å². The molecule has 0 amide bonds. The fourth-order valence-electron chi connectivity index (χ4n) is 1.96. The van der Waals surface area contributed by atoms with Gasteiger partial charge in [0.15, 0.2) is 5.52 Å². The van der Waals surface area contributed by atoms with Gasteiger partial charge < -0.3 is 10.3 Å². The van der Waals surface area contributed by atoms with Gasteiger partial charge in [0, 0.05) is 25.1 Å². The minimum Gasteiger partial charge on any atom is -0.388 e. The molecular weight excluding hydrogens is 240 g/mol. The van der Waals surface area contributed by atoms with Gasteiger partial charge in [0.05, 0.1) is 11.2 Å². The highest BCUT2D eigenvalue weighted by Crippen LogP contribution is 2.20. The molecule has 0 saturated carbocycles. The SMILES string of the molecule is CNc1ccc(-c2cc3nccnc3c(=O)[nH]2)cc1. The number of H-pyrrole nitrogens is 1. The first-order chi connectivity index (χ1) is 9.28. The van der Waals surface area contributed by atoms with Crippen molar-refractivity contribution in [1.29, 1.82) is 0 Å². The van der Waals surface area contributed by atoms with Crippen molar-refractivity contribution in [2.75, 3.05) is 12.4 Å². The Balaban J connectivity index is 2.16. The Morgan fingerprint density at radius 3 is 2.58 bits per heavy atom. The lowest BCUT2D eigenvalue weighted by atomic mass is 10.1. The Kier molecular flexibility index (Phi) is 2.72. The van der Waals surface area contributed by atoms with E-state index in [-0.39, 0.29) is 5.56 Å². The van der Waals surface area contributed by atoms with Gasteiger partial charge in [-0.25, -0.2) is 4.98 Å². The van der Waals surface area contributed by atoms with Gasteiger partial charge >= 0.3 is 0 Å². The zero-order chi connectivity index (χ0) is 13.2. The smallest absolute Gasteiger partial charge is 0.276 e. The molecule has 3 aromatic rings. The second kappa shape index (κ2) is 4.53. The van der Waals surface area contributed by atoms with Crippen molar-refractivity contribution >= 4 is 16.7 Å². The van der Waals surface area contributed by atoms with Crippen molar-refractivity contribution in [3.8, 4) is 11.3 Å². The number of hydrogen-bond donors (Lipinski definition) is 2. The number of nitrogens with one attached hydrogen (secondary N) is 2.